The van der Waals surface area contributed by atoms with Crippen molar-refractivity contribution in [2.24, 2.45) is 0 Å². The highest BCUT2D eigenvalue weighted by molar-refractivity contribution is 5.76. The minimum atomic E-state index is -6.04. The summed E-state index contributed by atoms with van der Waals surface area (Å²) >= 11 is 0. The van der Waals surface area contributed by atoms with Gasteiger partial charge in [0.2, 0.25) is 0 Å². The molecule has 8 heteroatoms. The largest absolute Gasteiger partial charge is 0.430 e. The first-order chi connectivity index (χ1) is 5.98. The molecule has 0 aromatic carbocycles. The number of hydrogen-bond acceptors (Lipinski definition) is 2. The van der Waals surface area contributed by atoms with E-state index in [2.05, 4.69) is 6.58 Å². The fraction of sp³-hybridized carbons (Fsp3) is 0.500. The molecule has 2 nitrogen and oxygen atoms in total. The van der Waals surface area contributed by atoms with Crippen molar-refractivity contribution in [2.45, 2.75) is 18.0 Å². The van der Waals surface area contributed by atoms with E-state index in [-0.39, 0.29) is 0 Å². The second kappa shape index (κ2) is 3.26. The molecule has 0 aromatic rings. The van der Waals surface area contributed by atoms with Gasteiger partial charge >= 0.3 is 12.4 Å². The number of carbonyl (C=O) groups is 1. The fourth-order valence-electron chi connectivity index (χ4n) is 0.610. The van der Waals surface area contributed by atoms with Crippen molar-refractivity contribution < 1.29 is 36.2 Å². The molecule has 1 N–H and O–H groups in total. The van der Waals surface area contributed by atoms with E-state index in [1.165, 1.54) is 0 Å². The molecule has 0 aliphatic rings. The van der Waals surface area contributed by atoms with Crippen LogP contribution in [0.5, 0.6) is 0 Å². The zero-order valence-electron chi connectivity index (χ0n) is 6.41. The van der Waals surface area contributed by atoms with Crippen LogP contribution in [0.15, 0.2) is 12.2 Å². The standard InChI is InChI=1S/C6H4F6O2/c1-3(2-13)4(14,5(7,8)9)6(10,11)12/h2,14H,1H2. The van der Waals surface area contributed by atoms with Crippen molar-refractivity contribution in [3.63, 3.8) is 0 Å². The molecule has 0 amide bonds. The van der Waals surface area contributed by atoms with Gasteiger partial charge in [0.05, 0.1) is 0 Å². The van der Waals surface area contributed by atoms with Gasteiger partial charge in [-0.2, -0.15) is 26.3 Å². The van der Waals surface area contributed by atoms with Crippen LogP contribution in [0.2, 0.25) is 0 Å². The molecule has 0 aliphatic heterocycles. The normalized spacial score (nSPS) is 13.9. The Morgan fingerprint density at radius 3 is 1.43 bits per heavy atom. The molecule has 0 fully saturated rings. The molecular weight excluding hydrogens is 218 g/mol. The Kier molecular flexibility index (Phi) is 3.02. The summed E-state index contributed by atoms with van der Waals surface area (Å²) in [6.45, 7) is 2.22. The van der Waals surface area contributed by atoms with Gasteiger partial charge in [0.1, 0.15) is 6.29 Å². The molecule has 0 unspecified atom stereocenters. The zero-order valence-corrected chi connectivity index (χ0v) is 6.41. The van der Waals surface area contributed by atoms with Crippen LogP contribution in [-0.4, -0.2) is 29.3 Å². The molecule has 0 atom stereocenters. The fourth-order valence-corrected chi connectivity index (χ4v) is 0.610. The van der Waals surface area contributed by atoms with Crippen LogP contribution in [0, 0.1) is 0 Å². The van der Waals surface area contributed by atoms with E-state index >= 15 is 0 Å². The van der Waals surface area contributed by atoms with Crippen molar-refractivity contribution >= 4 is 6.29 Å². The van der Waals surface area contributed by atoms with Crippen LogP contribution in [0.25, 0.3) is 0 Å². The van der Waals surface area contributed by atoms with E-state index < -0.39 is 29.8 Å². The average molecular weight is 222 g/mol. The second-order valence-corrected chi connectivity index (χ2v) is 2.35. The minimum Gasteiger partial charge on any atom is -0.369 e. The third kappa shape index (κ3) is 1.74. The quantitative estimate of drug-likeness (QED) is 0.437. The van der Waals surface area contributed by atoms with Gasteiger partial charge in [0, 0.05) is 5.57 Å². The lowest BCUT2D eigenvalue weighted by atomic mass is 9.94. The first-order valence-electron chi connectivity index (χ1n) is 2.99. The summed E-state index contributed by atoms with van der Waals surface area (Å²) in [7, 11) is 0. The molecule has 0 bridgehead atoms. The Balaban J connectivity index is 5.52. The number of hydrogen-bond donors (Lipinski definition) is 1. The van der Waals surface area contributed by atoms with Crippen LogP contribution in [0.3, 0.4) is 0 Å². The lowest BCUT2D eigenvalue weighted by molar-refractivity contribution is -0.350. The van der Waals surface area contributed by atoms with Crippen LogP contribution in [-0.2, 0) is 4.79 Å². The van der Waals surface area contributed by atoms with Crippen molar-refractivity contribution in [3.05, 3.63) is 12.2 Å². The molecule has 14 heavy (non-hydrogen) atoms. The predicted octanol–water partition coefficient (Wildman–Crippen LogP) is 1.60. The second-order valence-electron chi connectivity index (χ2n) is 2.35. The van der Waals surface area contributed by atoms with Gasteiger partial charge < -0.3 is 5.11 Å². The van der Waals surface area contributed by atoms with E-state index in [9.17, 15) is 31.1 Å². The molecule has 0 radical (unpaired) electrons. The molecule has 0 aliphatic carbocycles. The summed E-state index contributed by atoms with van der Waals surface area (Å²) in [4.78, 5) is 9.79. The first kappa shape index (κ1) is 12.9. The van der Waals surface area contributed by atoms with Crippen molar-refractivity contribution in [3.8, 4) is 0 Å². The van der Waals surface area contributed by atoms with E-state index in [4.69, 9.17) is 5.11 Å². The summed E-state index contributed by atoms with van der Waals surface area (Å²) in [5, 5.41) is 8.37. The summed E-state index contributed by atoms with van der Waals surface area (Å²) in [5.41, 5.74) is -7.18. The SMILES string of the molecule is C=C(C=O)C(O)(C(F)(F)F)C(F)(F)F. The van der Waals surface area contributed by atoms with E-state index in [1.54, 1.807) is 0 Å². The Morgan fingerprint density at radius 2 is 1.36 bits per heavy atom. The molecule has 0 rings (SSSR count). The molecule has 82 valence electrons. The maximum absolute atomic E-state index is 11.8. The molecule has 0 spiro atoms. The molecule has 0 saturated heterocycles. The zero-order chi connectivity index (χ0) is 11.8. The number of rotatable bonds is 2. The molecular formula is C6H4F6O2. The van der Waals surface area contributed by atoms with E-state index in [0.717, 1.165) is 0 Å². The van der Waals surface area contributed by atoms with Crippen molar-refractivity contribution in [2.75, 3.05) is 0 Å². The van der Waals surface area contributed by atoms with Gasteiger partial charge in [-0.3, -0.25) is 4.79 Å². The predicted molar refractivity (Wildman–Crippen MR) is 32.3 cm³/mol. The Morgan fingerprint density at radius 1 is 1.07 bits per heavy atom. The van der Waals surface area contributed by atoms with Gasteiger partial charge in [-0.25, -0.2) is 0 Å². The van der Waals surface area contributed by atoms with E-state index in [0.29, 0.717) is 0 Å². The van der Waals surface area contributed by atoms with Gasteiger partial charge in [-0.1, -0.05) is 6.58 Å². The Bertz CT molecular complexity index is 236. The smallest absolute Gasteiger partial charge is 0.369 e. The molecule has 0 aromatic heterocycles. The highest BCUT2D eigenvalue weighted by Gasteiger charge is 2.72. The van der Waals surface area contributed by atoms with Gasteiger partial charge in [-0.05, 0) is 0 Å². The van der Waals surface area contributed by atoms with Crippen molar-refractivity contribution in [1.82, 2.24) is 0 Å². The summed E-state index contributed by atoms with van der Waals surface area (Å²) in [6, 6.07) is 0. The molecule has 0 saturated carbocycles. The van der Waals surface area contributed by atoms with E-state index in [1.807, 2.05) is 0 Å². The first-order valence-corrected chi connectivity index (χ1v) is 2.99. The topological polar surface area (TPSA) is 37.3 Å². The molecule has 0 heterocycles. The number of alkyl halides is 6. The Labute approximate surface area is 73.8 Å². The van der Waals surface area contributed by atoms with Gasteiger partial charge in [0.25, 0.3) is 5.60 Å². The number of carbonyl (C=O) groups excluding carboxylic acids is 1. The third-order valence-corrected chi connectivity index (χ3v) is 1.43. The number of aliphatic hydroxyl groups is 1. The maximum Gasteiger partial charge on any atom is 0.430 e. The van der Waals surface area contributed by atoms with Crippen LogP contribution >= 0.6 is 0 Å². The van der Waals surface area contributed by atoms with Gasteiger partial charge in [-0.15, -0.1) is 0 Å². The lowest BCUT2D eigenvalue weighted by Crippen LogP contribution is -2.58. The van der Waals surface area contributed by atoms with Crippen LogP contribution in [0.1, 0.15) is 0 Å². The summed E-state index contributed by atoms with van der Waals surface area (Å²) in [6.07, 6.45) is -12.9. The van der Waals surface area contributed by atoms with Crippen LogP contribution in [0.4, 0.5) is 26.3 Å². The summed E-state index contributed by atoms with van der Waals surface area (Å²) in [5.74, 6) is 0. The monoisotopic (exact) mass is 222 g/mol. The number of halogens is 6. The van der Waals surface area contributed by atoms with Crippen molar-refractivity contribution in [1.29, 1.82) is 0 Å². The third-order valence-electron chi connectivity index (χ3n) is 1.43. The van der Waals surface area contributed by atoms with Crippen LogP contribution < -0.4 is 0 Å². The Hall–Kier alpha value is -1.05. The average Bonchev–Trinajstić information content (AvgIpc) is 1.97. The number of aldehydes is 1. The minimum absolute atomic E-state index is 0.791. The highest BCUT2D eigenvalue weighted by atomic mass is 19.4. The highest BCUT2D eigenvalue weighted by Crippen LogP contribution is 2.46. The maximum atomic E-state index is 11.8. The summed E-state index contributed by atoms with van der Waals surface area (Å²) < 4.78 is 71.1. The lowest BCUT2D eigenvalue weighted by Gasteiger charge is -2.31. The van der Waals surface area contributed by atoms with Gasteiger partial charge in [0.15, 0.2) is 0 Å².